The molecule has 1 amide bonds. The topological polar surface area (TPSA) is 99.0 Å². The summed E-state index contributed by atoms with van der Waals surface area (Å²) in [5.74, 6) is -1.18. The summed E-state index contributed by atoms with van der Waals surface area (Å²) in [6.45, 7) is 1.81. The Labute approximate surface area is 164 Å². The summed E-state index contributed by atoms with van der Waals surface area (Å²) in [5.41, 5.74) is 2.11. The van der Waals surface area contributed by atoms with Crippen LogP contribution in [-0.2, 0) is 9.53 Å². The van der Waals surface area contributed by atoms with Crippen molar-refractivity contribution in [3.8, 4) is 5.69 Å². The van der Waals surface area contributed by atoms with Gasteiger partial charge in [-0.05, 0) is 53.2 Å². The molecule has 0 saturated carbocycles. The van der Waals surface area contributed by atoms with Gasteiger partial charge in [0.15, 0.2) is 0 Å². The highest BCUT2D eigenvalue weighted by Gasteiger charge is 2.14. The zero-order valence-electron chi connectivity index (χ0n) is 15.0. The highest BCUT2D eigenvalue weighted by molar-refractivity contribution is 7.99. The van der Waals surface area contributed by atoms with Crippen molar-refractivity contribution >= 4 is 29.3 Å². The van der Waals surface area contributed by atoms with E-state index < -0.39 is 11.8 Å². The highest BCUT2D eigenvalue weighted by Crippen LogP contribution is 2.21. The molecule has 3 aromatic rings. The molecule has 3 rings (SSSR count). The van der Waals surface area contributed by atoms with Crippen LogP contribution in [0.1, 0.15) is 15.9 Å². The lowest BCUT2D eigenvalue weighted by Crippen LogP contribution is -2.16. The van der Waals surface area contributed by atoms with Gasteiger partial charge in [-0.2, -0.15) is 4.68 Å². The number of carbonyl (C=O) groups excluding carboxylic acids is 2. The van der Waals surface area contributed by atoms with Gasteiger partial charge in [0.25, 0.3) is 0 Å². The van der Waals surface area contributed by atoms with Crippen molar-refractivity contribution in [1.29, 1.82) is 0 Å². The van der Waals surface area contributed by atoms with Gasteiger partial charge >= 0.3 is 5.97 Å². The number of aromatic nitrogens is 4. The van der Waals surface area contributed by atoms with Gasteiger partial charge in [-0.3, -0.25) is 4.79 Å². The Hall–Kier alpha value is -3.27. The van der Waals surface area contributed by atoms with Crippen LogP contribution >= 0.6 is 11.8 Å². The lowest BCUT2D eigenvalue weighted by molar-refractivity contribution is -0.113. The first kappa shape index (κ1) is 19.5. The van der Waals surface area contributed by atoms with Crippen LogP contribution in [0.2, 0.25) is 0 Å². The molecule has 8 nitrogen and oxygen atoms in total. The number of hydrogen-bond donors (Lipinski definition) is 1. The molecule has 2 aromatic carbocycles. The van der Waals surface area contributed by atoms with E-state index >= 15 is 0 Å². The van der Waals surface area contributed by atoms with Crippen molar-refractivity contribution in [2.45, 2.75) is 12.1 Å². The van der Waals surface area contributed by atoms with Gasteiger partial charge in [0.1, 0.15) is 5.82 Å². The summed E-state index contributed by atoms with van der Waals surface area (Å²) in [5, 5.41) is 14.4. The maximum Gasteiger partial charge on any atom is 0.337 e. The first-order valence-electron chi connectivity index (χ1n) is 8.14. The largest absolute Gasteiger partial charge is 0.465 e. The molecule has 1 N–H and O–H groups in total. The molecular weight excluding hydrogens is 385 g/mol. The Morgan fingerprint density at radius 3 is 2.82 bits per heavy atom. The molecule has 1 heterocycles. The smallest absolute Gasteiger partial charge is 0.337 e. The normalized spacial score (nSPS) is 10.5. The maximum atomic E-state index is 13.4. The van der Waals surface area contributed by atoms with Gasteiger partial charge in [-0.15, -0.1) is 5.10 Å². The van der Waals surface area contributed by atoms with Crippen LogP contribution in [0.25, 0.3) is 5.69 Å². The van der Waals surface area contributed by atoms with Crippen LogP contribution in [0.3, 0.4) is 0 Å². The second-order valence-electron chi connectivity index (χ2n) is 5.71. The number of aryl methyl sites for hydroxylation is 1. The first-order valence-corrected chi connectivity index (χ1v) is 9.12. The number of halogens is 1. The third kappa shape index (κ3) is 4.52. The Bertz CT molecular complexity index is 1020. The van der Waals surface area contributed by atoms with Crippen molar-refractivity contribution in [2.24, 2.45) is 0 Å². The van der Waals surface area contributed by atoms with Crippen LogP contribution in [0.5, 0.6) is 0 Å². The van der Waals surface area contributed by atoms with E-state index in [1.807, 2.05) is 6.92 Å². The molecule has 0 aliphatic heterocycles. The fraction of sp³-hybridized carbons (Fsp3) is 0.167. The van der Waals surface area contributed by atoms with Crippen molar-refractivity contribution in [3.63, 3.8) is 0 Å². The number of methoxy groups -OCH3 is 1. The number of nitrogens with zero attached hydrogens (tertiary/aromatic N) is 4. The molecular formula is C18H16FN5O3S. The predicted molar refractivity (Wildman–Crippen MR) is 101 cm³/mol. The number of ether oxygens (including phenoxy) is 1. The first-order chi connectivity index (χ1) is 13.5. The molecule has 0 aliphatic carbocycles. The van der Waals surface area contributed by atoms with Crippen LogP contribution in [0.4, 0.5) is 10.1 Å². The van der Waals surface area contributed by atoms with Crippen molar-refractivity contribution in [1.82, 2.24) is 20.2 Å². The Kier molecular flexibility index (Phi) is 5.99. The number of esters is 1. The average molecular weight is 401 g/mol. The van der Waals surface area contributed by atoms with Crippen LogP contribution < -0.4 is 5.32 Å². The lowest BCUT2D eigenvalue weighted by atomic mass is 10.1. The van der Waals surface area contributed by atoms with Crippen LogP contribution in [-0.4, -0.2) is 44.9 Å². The van der Waals surface area contributed by atoms with Gasteiger partial charge < -0.3 is 10.1 Å². The molecule has 0 saturated heterocycles. The minimum atomic E-state index is -0.487. The molecule has 0 spiro atoms. The van der Waals surface area contributed by atoms with E-state index in [9.17, 15) is 14.0 Å². The summed E-state index contributed by atoms with van der Waals surface area (Å²) in [4.78, 5) is 24.0. The average Bonchev–Trinajstić information content (AvgIpc) is 3.16. The molecule has 10 heteroatoms. The van der Waals surface area contributed by atoms with Gasteiger partial charge in [-0.1, -0.05) is 23.9 Å². The third-order valence-corrected chi connectivity index (χ3v) is 4.68. The van der Waals surface area contributed by atoms with Gasteiger partial charge in [-0.25, -0.2) is 9.18 Å². The second-order valence-corrected chi connectivity index (χ2v) is 6.65. The van der Waals surface area contributed by atoms with E-state index in [2.05, 4.69) is 25.6 Å². The number of anilines is 1. The number of carbonyl (C=O) groups is 2. The molecule has 0 fully saturated rings. The van der Waals surface area contributed by atoms with Gasteiger partial charge in [0, 0.05) is 5.69 Å². The predicted octanol–water partition coefficient (Wildman–Crippen LogP) is 2.63. The zero-order valence-corrected chi connectivity index (χ0v) is 15.9. The van der Waals surface area contributed by atoms with Crippen molar-refractivity contribution in [2.75, 3.05) is 18.2 Å². The van der Waals surface area contributed by atoms with E-state index in [0.717, 1.165) is 17.3 Å². The highest BCUT2D eigenvalue weighted by atomic mass is 32.2. The fourth-order valence-corrected chi connectivity index (χ4v) is 3.05. The minimum absolute atomic E-state index is 0.0254. The summed E-state index contributed by atoms with van der Waals surface area (Å²) in [6, 6.07) is 10.7. The van der Waals surface area contributed by atoms with E-state index in [0.29, 0.717) is 22.1 Å². The maximum absolute atomic E-state index is 13.4. The van der Waals surface area contributed by atoms with E-state index in [-0.39, 0.29) is 11.7 Å². The van der Waals surface area contributed by atoms with Gasteiger partial charge in [0.05, 0.1) is 24.1 Å². The number of nitrogens with one attached hydrogen (secondary N) is 1. The molecule has 0 aliphatic rings. The van der Waals surface area contributed by atoms with Gasteiger partial charge in [0.2, 0.25) is 11.1 Å². The lowest BCUT2D eigenvalue weighted by Gasteiger charge is -2.10. The summed E-state index contributed by atoms with van der Waals surface area (Å²) in [7, 11) is 1.29. The Morgan fingerprint density at radius 2 is 2.07 bits per heavy atom. The SMILES string of the molecule is COC(=O)c1ccc(C)c(NC(=O)CSc2nnnn2-c2cccc(F)c2)c1. The second kappa shape index (κ2) is 8.61. The molecule has 0 radical (unpaired) electrons. The van der Waals surface area contributed by atoms with E-state index in [1.165, 1.54) is 23.9 Å². The standard InChI is InChI=1S/C18H16FN5O3S/c1-11-6-7-12(17(26)27-2)8-15(11)20-16(25)10-28-18-21-22-23-24(18)14-5-3-4-13(19)9-14/h3-9H,10H2,1-2H3,(H,20,25). The number of thioether (sulfide) groups is 1. The summed E-state index contributed by atoms with van der Waals surface area (Å²) in [6.07, 6.45) is 0. The molecule has 0 atom stereocenters. The Balaban J connectivity index is 1.68. The number of benzene rings is 2. The minimum Gasteiger partial charge on any atom is -0.465 e. The summed E-state index contributed by atoms with van der Waals surface area (Å²) >= 11 is 1.10. The van der Waals surface area contributed by atoms with Crippen molar-refractivity contribution in [3.05, 3.63) is 59.4 Å². The summed E-state index contributed by atoms with van der Waals surface area (Å²) < 4.78 is 19.5. The van der Waals surface area contributed by atoms with Crippen LogP contribution in [0.15, 0.2) is 47.6 Å². The quantitative estimate of drug-likeness (QED) is 0.501. The molecule has 0 unspecified atom stereocenters. The number of rotatable bonds is 6. The number of hydrogen-bond acceptors (Lipinski definition) is 7. The molecule has 1 aromatic heterocycles. The number of tetrazole rings is 1. The van der Waals surface area contributed by atoms with E-state index in [4.69, 9.17) is 0 Å². The van der Waals surface area contributed by atoms with Crippen molar-refractivity contribution < 1.29 is 18.7 Å². The Morgan fingerprint density at radius 1 is 1.25 bits per heavy atom. The van der Waals surface area contributed by atoms with Crippen LogP contribution in [0, 0.1) is 12.7 Å². The third-order valence-electron chi connectivity index (χ3n) is 3.76. The molecule has 28 heavy (non-hydrogen) atoms. The number of amides is 1. The monoisotopic (exact) mass is 401 g/mol. The molecule has 144 valence electrons. The molecule has 0 bridgehead atoms. The van der Waals surface area contributed by atoms with E-state index in [1.54, 1.807) is 30.3 Å². The zero-order chi connectivity index (χ0) is 20.1. The fourth-order valence-electron chi connectivity index (χ4n) is 2.36.